The zero-order chi connectivity index (χ0) is 14.7. The Kier molecular flexibility index (Phi) is 4.78. The third-order valence-electron chi connectivity index (χ3n) is 3.22. The van der Waals surface area contributed by atoms with Crippen molar-refractivity contribution in [2.75, 3.05) is 19.0 Å². The fraction of sp³-hybridized carbons (Fsp3) is 0.250. The summed E-state index contributed by atoms with van der Waals surface area (Å²) < 4.78 is 14.5. The summed E-state index contributed by atoms with van der Waals surface area (Å²) in [5.41, 5.74) is 2.35. The monoisotopic (exact) mass is 337 g/mol. The van der Waals surface area contributed by atoms with E-state index >= 15 is 0 Å². The lowest BCUT2D eigenvalue weighted by Crippen LogP contribution is -2.09. The molecule has 0 heterocycles. The molecule has 0 saturated carbocycles. The summed E-state index contributed by atoms with van der Waals surface area (Å²) in [6, 6.07) is 12.4. The van der Waals surface area contributed by atoms with Crippen LogP contribution in [0.3, 0.4) is 0 Å². The fourth-order valence-electron chi connectivity index (χ4n) is 2.02. The Morgan fingerprint density at radius 2 is 1.80 bits per heavy atom. The summed E-state index contributed by atoms with van der Waals surface area (Å²) in [6.45, 7) is 0. The van der Waals surface area contributed by atoms with Gasteiger partial charge in [0, 0.05) is 30.7 Å². The minimum Gasteiger partial charge on any atom is -0.388 e. The van der Waals surface area contributed by atoms with Gasteiger partial charge in [0.1, 0.15) is 5.82 Å². The average Bonchev–Trinajstić information content (AvgIpc) is 2.43. The van der Waals surface area contributed by atoms with E-state index in [1.54, 1.807) is 12.1 Å². The van der Waals surface area contributed by atoms with Crippen molar-refractivity contribution in [3.8, 4) is 0 Å². The van der Waals surface area contributed by atoms with Crippen molar-refractivity contribution < 1.29 is 9.50 Å². The molecule has 0 fully saturated rings. The first kappa shape index (κ1) is 15.0. The number of halogens is 2. The molecule has 0 aliphatic rings. The molecule has 0 saturated heterocycles. The van der Waals surface area contributed by atoms with Gasteiger partial charge in [0.15, 0.2) is 0 Å². The van der Waals surface area contributed by atoms with Crippen molar-refractivity contribution in [3.05, 3.63) is 63.9 Å². The largest absolute Gasteiger partial charge is 0.388 e. The second kappa shape index (κ2) is 6.37. The lowest BCUT2D eigenvalue weighted by molar-refractivity contribution is 0.177. The second-order valence-corrected chi connectivity index (χ2v) is 5.86. The van der Waals surface area contributed by atoms with Gasteiger partial charge in [0.25, 0.3) is 0 Å². The van der Waals surface area contributed by atoms with E-state index in [-0.39, 0.29) is 12.2 Å². The molecule has 2 aromatic carbocycles. The molecular formula is C16H17BrFNO. The smallest absolute Gasteiger partial charge is 0.126 e. The van der Waals surface area contributed by atoms with Gasteiger partial charge in [0.05, 0.1) is 6.10 Å². The van der Waals surface area contributed by atoms with Crippen LogP contribution >= 0.6 is 15.9 Å². The minimum absolute atomic E-state index is 0.257. The van der Waals surface area contributed by atoms with Gasteiger partial charge < -0.3 is 10.0 Å². The third-order valence-corrected chi connectivity index (χ3v) is 3.71. The van der Waals surface area contributed by atoms with Crippen LogP contribution in [0.5, 0.6) is 0 Å². The first-order valence-corrected chi connectivity index (χ1v) is 7.16. The van der Waals surface area contributed by atoms with Gasteiger partial charge in [-0.25, -0.2) is 4.39 Å². The van der Waals surface area contributed by atoms with Crippen LogP contribution in [0.25, 0.3) is 0 Å². The zero-order valence-electron chi connectivity index (χ0n) is 11.5. The summed E-state index contributed by atoms with van der Waals surface area (Å²) in [5.74, 6) is -0.294. The SMILES string of the molecule is CN(C)c1ccc(C(O)Cc2cc(Br)ccc2F)cc1. The number of hydrogen-bond acceptors (Lipinski definition) is 2. The fourth-order valence-corrected chi connectivity index (χ4v) is 2.43. The number of benzene rings is 2. The Morgan fingerprint density at radius 1 is 1.15 bits per heavy atom. The van der Waals surface area contributed by atoms with Crippen LogP contribution in [0.1, 0.15) is 17.2 Å². The van der Waals surface area contributed by atoms with Crippen LogP contribution in [0.2, 0.25) is 0 Å². The summed E-state index contributed by atoms with van der Waals surface area (Å²) >= 11 is 3.31. The Labute approximate surface area is 127 Å². The van der Waals surface area contributed by atoms with Crippen LogP contribution < -0.4 is 4.90 Å². The van der Waals surface area contributed by atoms with Gasteiger partial charge in [0.2, 0.25) is 0 Å². The van der Waals surface area contributed by atoms with Gasteiger partial charge in [-0.15, -0.1) is 0 Å². The van der Waals surface area contributed by atoms with E-state index in [1.807, 2.05) is 43.3 Å². The maximum absolute atomic E-state index is 13.7. The Morgan fingerprint density at radius 3 is 2.40 bits per heavy atom. The number of nitrogens with zero attached hydrogens (tertiary/aromatic N) is 1. The van der Waals surface area contributed by atoms with Crippen LogP contribution in [-0.2, 0) is 6.42 Å². The van der Waals surface area contributed by atoms with Gasteiger partial charge in [-0.2, -0.15) is 0 Å². The highest BCUT2D eigenvalue weighted by atomic mass is 79.9. The van der Waals surface area contributed by atoms with Crippen molar-refractivity contribution in [3.63, 3.8) is 0 Å². The average molecular weight is 338 g/mol. The molecular weight excluding hydrogens is 321 g/mol. The quantitative estimate of drug-likeness (QED) is 0.913. The van der Waals surface area contributed by atoms with E-state index in [1.165, 1.54) is 6.07 Å². The number of anilines is 1. The molecule has 2 aromatic rings. The van der Waals surface area contributed by atoms with Crippen LogP contribution in [0.15, 0.2) is 46.9 Å². The first-order valence-electron chi connectivity index (χ1n) is 6.36. The molecule has 0 spiro atoms. The van der Waals surface area contributed by atoms with Crippen LogP contribution in [0.4, 0.5) is 10.1 Å². The molecule has 0 aliphatic heterocycles. The maximum atomic E-state index is 13.7. The van der Waals surface area contributed by atoms with E-state index < -0.39 is 6.10 Å². The Balaban J connectivity index is 2.15. The van der Waals surface area contributed by atoms with E-state index in [4.69, 9.17) is 0 Å². The maximum Gasteiger partial charge on any atom is 0.126 e. The molecule has 106 valence electrons. The molecule has 0 aliphatic carbocycles. The third kappa shape index (κ3) is 3.58. The zero-order valence-corrected chi connectivity index (χ0v) is 13.1. The normalized spacial score (nSPS) is 12.2. The first-order chi connectivity index (χ1) is 9.47. The van der Waals surface area contributed by atoms with Gasteiger partial charge in [-0.1, -0.05) is 28.1 Å². The Bertz CT molecular complexity index is 584. The lowest BCUT2D eigenvalue weighted by atomic mass is 10.0. The summed E-state index contributed by atoms with van der Waals surface area (Å²) in [7, 11) is 3.92. The van der Waals surface area contributed by atoms with Gasteiger partial charge >= 0.3 is 0 Å². The van der Waals surface area contributed by atoms with Crippen molar-refractivity contribution in [1.29, 1.82) is 0 Å². The van der Waals surface area contributed by atoms with Crippen LogP contribution in [-0.4, -0.2) is 19.2 Å². The van der Waals surface area contributed by atoms with E-state index in [9.17, 15) is 9.50 Å². The summed E-state index contributed by atoms with van der Waals surface area (Å²) in [4.78, 5) is 1.99. The van der Waals surface area contributed by atoms with Crippen molar-refractivity contribution in [2.45, 2.75) is 12.5 Å². The van der Waals surface area contributed by atoms with Crippen molar-refractivity contribution in [2.24, 2.45) is 0 Å². The highest BCUT2D eigenvalue weighted by molar-refractivity contribution is 9.10. The van der Waals surface area contributed by atoms with E-state index in [0.29, 0.717) is 5.56 Å². The molecule has 0 aromatic heterocycles. The molecule has 2 nitrogen and oxygen atoms in total. The molecule has 20 heavy (non-hydrogen) atoms. The van der Waals surface area contributed by atoms with Crippen LogP contribution in [0, 0.1) is 5.82 Å². The predicted molar refractivity (Wildman–Crippen MR) is 83.5 cm³/mol. The topological polar surface area (TPSA) is 23.5 Å². The molecule has 0 radical (unpaired) electrons. The number of hydrogen-bond donors (Lipinski definition) is 1. The highest BCUT2D eigenvalue weighted by Crippen LogP contribution is 2.24. The van der Waals surface area contributed by atoms with Crippen molar-refractivity contribution >= 4 is 21.6 Å². The van der Waals surface area contributed by atoms with Gasteiger partial charge in [-0.05, 0) is 41.5 Å². The lowest BCUT2D eigenvalue weighted by Gasteiger charge is -2.15. The molecule has 1 unspecified atom stereocenters. The molecule has 1 atom stereocenters. The summed E-state index contributed by atoms with van der Waals surface area (Å²) in [5, 5.41) is 10.2. The molecule has 4 heteroatoms. The molecule has 0 amide bonds. The highest BCUT2D eigenvalue weighted by Gasteiger charge is 2.12. The second-order valence-electron chi connectivity index (χ2n) is 4.94. The number of aliphatic hydroxyl groups excluding tert-OH is 1. The van der Waals surface area contributed by atoms with E-state index in [0.717, 1.165) is 15.7 Å². The minimum atomic E-state index is -0.713. The molecule has 0 bridgehead atoms. The summed E-state index contributed by atoms with van der Waals surface area (Å²) in [6.07, 6.45) is -0.456. The Hall–Kier alpha value is -1.39. The number of aliphatic hydroxyl groups is 1. The molecule has 2 rings (SSSR count). The van der Waals surface area contributed by atoms with Crippen molar-refractivity contribution in [1.82, 2.24) is 0 Å². The molecule has 1 N–H and O–H groups in total. The standard InChI is InChI=1S/C16H17BrFNO/c1-19(2)14-6-3-11(4-7-14)16(20)10-12-9-13(17)5-8-15(12)18/h3-9,16,20H,10H2,1-2H3. The van der Waals surface area contributed by atoms with E-state index in [2.05, 4.69) is 15.9 Å². The number of rotatable bonds is 4. The predicted octanol–water partition coefficient (Wildman–Crippen LogP) is 3.93. The van der Waals surface area contributed by atoms with Gasteiger partial charge in [-0.3, -0.25) is 0 Å².